The molecule has 0 spiro atoms. The van der Waals surface area contributed by atoms with Gasteiger partial charge < -0.3 is 29.0 Å². The van der Waals surface area contributed by atoms with Gasteiger partial charge in [-0.15, -0.1) is 0 Å². The van der Waals surface area contributed by atoms with Crippen LogP contribution in [0.4, 0.5) is 0 Å². The highest BCUT2D eigenvalue weighted by atomic mass is 16.6. The fourth-order valence-electron chi connectivity index (χ4n) is 7.77. The van der Waals surface area contributed by atoms with Crippen molar-refractivity contribution in [3.63, 3.8) is 0 Å². The third-order valence-corrected chi connectivity index (χ3v) is 10.5. The predicted octanol–water partition coefficient (Wildman–Crippen LogP) is 6.12. The molecular weight excluding hydrogens is 534 g/mol. The van der Waals surface area contributed by atoms with Gasteiger partial charge in [0.25, 0.3) is 0 Å². The highest BCUT2D eigenvalue weighted by Gasteiger charge is 2.43. The Hall–Kier alpha value is -1.22. The van der Waals surface area contributed by atoms with E-state index in [9.17, 15) is 9.59 Å². The van der Waals surface area contributed by atoms with Crippen LogP contribution in [0, 0.1) is 17.8 Å². The normalized spacial score (nSPS) is 39.6. The molecule has 4 heterocycles. The Bertz CT molecular complexity index is 854. The van der Waals surface area contributed by atoms with Crippen molar-refractivity contribution in [3.05, 3.63) is 0 Å². The van der Waals surface area contributed by atoms with Gasteiger partial charge in [0.2, 0.25) is 0 Å². The number of carbonyl (C=O) groups is 2. The van der Waals surface area contributed by atoms with Gasteiger partial charge in [-0.05, 0) is 78.2 Å². The molecule has 4 rings (SSSR count). The van der Waals surface area contributed by atoms with Gasteiger partial charge in [0.15, 0.2) is 0 Å². The van der Waals surface area contributed by atoms with Crippen molar-refractivity contribution >= 4 is 11.9 Å². The predicted molar refractivity (Wildman–Crippen MR) is 162 cm³/mol. The summed E-state index contributed by atoms with van der Waals surface area (Å²) in [5, 5.41) is 3.45. The Balaban J connectivity index is 1.49. The maximum atomic E-state index is 13.6. The highest BCUT2D eigenvalue weighted by Crippen LogP contribution is 2.37. The van der Waals surface area contributed by atoms with Crippen molar-refractivity contribution in [2.45, 2.75) is 179 Å². The van der Waals surface area contributed by atoms with Crippen LogP contribution in [0.15, 0.2) is 0 Å². The quantitative estimate of drug-likeness (QED) is 0.303. The van der Waals surface area contributed by atoms with Gasteiger partial charge in [-0.2, -0.15) is 0 Å². The zero-order chi connectivity index (χ0) is 30.2. The second kappa shape index (κ2) is 16.2. The number of hydrogen-bond donors (Lipinski definition) is 1. The van der Waals surface area contributed by atoms with Crippen LogP contribution in [0.1, 0.15) is 125 Å². The first kappa shape index (κ1) is 33.7. The maximum Gasteiger partial charge on any atom is 0.311 e. The Morgan fingerprint density at radius 2 is 1.50 bits per heavy atom. The van der Waals surface area contributed by atoms with Crippen LogP contribution in [0.2, 0.25) is 0 Å². The molecule has 4 saturated heterocycles. The molecule has 0 aromatic rings. The van der Waals surface area contributed by atoms with Crippen LogP contribution in [-0.4, -0.2) is 73.9 Å². The van der Waals surface area contributed by atoms with Crippen LogP contribution in [0.25, 0.3) is 0 Å². The lowest BCUT2D eigenvalue weighted by molar-refractivity contribution is -0.169. The second-order valence-corrected chi connectivity index (χ2v) is 13.6. The first-order valence-electron chi connectivity index (χ1n) is 17.3. The molecule has 42 heavy (non-hydrogen) atoms. The van der Waals surface area contributed by atoms with E-state index in [-0.39, 0.29) is 78.5 Å². The van der Waals surface area contributed by atoms with Crippen molar-refractivity contribution in [1.82, 2.24) is 5.32 Å². The fraction of sp³-hybridized carbons (Fsp3) is 0.941. The van der Waals surface area contributed by atoms with Crippen LogP contribution in [0.5, 0.6) is 0 Å². The molecule has 4 aliphatic rings. The molecule has 4 fully saturated rings. The minimum Gasteiger partial charge on any atom is -0.462 e. The molecule has 0 aliphatic carbocycles. The number of nitrogens with one attached hydrogen (secondary N) is 1. The monoisotopic (exact) mass is 593 g/mol. The molecule has 0 amide bonds. The standard InChI is InChI=1S/C34H59NO7/c1-7-10-23(35-6)18-25-12-15-29(38-25)21(4)32-20-27-14-17-31(40-27)28(9-3)34(37)41-24(11-8-2)19-26-13-16-30(39-26)22(5)33(36)42-32/h21-32,35H,7-20H2,1-6H3/t21-,22+,23-,24+,25+,26+,27+,28-,29-,30-,31-,32-/m1/s1. The lowest BCUT2D eigenvalue weighted by atomic mass is 9.90. The Morgan fingerprint density at radius 3 is 2.19 bits per heavy atom. The Labute approximate surface area is 254 Å². The SMILES string of the molecule is CCC[C@H](C[C@@H]1CC[C@H]([C@@H](C)[C@H]2C[C@@H]3CC[C@@H](O3)[C@@H](CC)C(=O)O[C@@H](CCC)C[C@@H]3CC[C@@H](O3)[C@H](C)C(=O)O2)O1)NC. The number of esters is 2. The number of ether oxygens (including phenoxy) is 5. The minimum absolute atomic E-state index is 0.0117. The zero-order valence-electron chi connectivity index (χ0n) is 27.2. The summed E-state index contributed by atoms with van der Waals surface area (Å²) in [7, 11) is 2.03. The average molecular weight is 594 g/mol. The smallest absolute Gasteiger partial charge is 0.311 e. The van der Waals surface area contributed by atoms with Gasteiger partial charge in [-0.3, -0.25) is 9.59 Å². The summed E-state index contributed by atoms with van der Waals surface area (Å²) in [5.74, 6) is -0.906. The summed E-state index contributed by atoms with van der Waals surface area (Å²) < 4.78 is 32.0. The fourth-order valence-corrected chi connectivity index (χ4v) is 7.77. The molecule has 4 aliphatic heterocycles. The summed E-state index contributed by atoms with van der Waals surface area (Å²) in [5.41, 5.74) is 0. The molecule has 0 radical (unpaired) electrons. The Morgan fingerprint density at radius 1 is 0.786 bits per heavy atom. The van der Waals surface area contributed by atoms with Gasteiger partial charge in [0.05, 0.1) is 48.5 Å². The molecule has 8 heteroatoms. The summed E-state index contributed by atoms with van der Waals surface area (Å²) >= 11 is 0. The average Bonchev–Trinajstić information content (AvgIpc) is 3.74. The van der Waals surface area contributed by atoms with Crippen LogP contribution < -0.4 is 5.32 Å². The van der Waals surface area contributed by atoms with E-state index in [0.29, 0.717) is 25.3 Å². The van der Waals surface area contributed by atoms with E-state index in [1.165, 1.54) is 0 Å². The zero-order valence-corrected chi connectivity index (χ0v) is 27.2. The second-order valence-electron chi connectivity index (χ2n) is 13.6. The number of carbonyl (C=O) groups excluding carboxylic acids is 2. The summed E-state index contributed by atoms with van der Waals surface area (Å²) in [4.78, 5) is 27.0. The van der Waals surface area contributed by atoms with Crippen LogP contribution in [-0.2, 0) is 33.3 Å². The van der Waals surface area contributed by atoms with Crippen molar-refractivity contribution in [1.29, 1.82) is 0 Å². The van der Waals surface area contributed by atoms with E-state index >= 15 is 0 Å². The molecule has 8 nitrogen and oxygen atoms in total. The van der Waals surface area contributed by atoms with Crippen molar-refractivity contribution in [3.8, 4) is 0 Å². The molecule has 1 N–H and O–H groups in total. The molecule has 0 saturated carbocycles. The van der Waals surface area contributed by atoms with Gasteiger partial charge in [0.1, 0.15) is 12.2 Å². The van der Waals surface area contributed by atoms with E-state index < -0.39 is 0 Å². The van der Waals surface area contributed by atoms with E-state index in [1.807, 2.05) is 20.9 Å². The number of cyclic esters (lactones) is 2. The molecular formula is C34H59NO7. The topological polar surface area (TPSA) is 92.3 Å². The first-order valence-corrected chi connectivity index (χ1v) is 17.3. The molecule has 12 atom stereocenters. The largest absolute Gasteiger partial charge is 0.462 e. The third kappa shape index (κ3) is 8.70. The van der Waals surface area contributed by atoms with Gasteiger partial charge in [-0.1, -0.05) is 40.5 Å². The van der Waals surface area contributed by atoms with Crippen molar-refractivity contribution in [2.75, 3.05) is 7.05 Å². The Kier molecular flexibility index (Phi) is 13.0. The highest BCUT2D eigenvalue weighted by molar-refractivity contribution is 5.73. The number of rotatable bonds is 10. The van der Waals surface area contributed by atoms with E-state index in [4.69, 9.17) is 23.7 Å². The summed E-state index contributed by atoms with van der Waals surface area (Å²) in [6, 6.07) is 0.463. The third-order valence-electron chi connectivity index (χ3n) is 10.5. The van der Waals surface area contributed by atoms with Gasteiger partial charge in [0, 0.05) is 24.8 Å². The number of hydrogen-bond acceptors (Lipinski definition) is 8. The lowest BCUT2D eigenvalue weighted by Gasteiger charge is -2.32. The van der Waals surface area contributed by atoms with Crippen LogP contribution >= 0.6 is 0 Å². The van der Waals surface area contributed by atoms with Crippen LogP contribution in [0.3, 0.4) is 0 Å². The molecule has 242 valence electrons. The van der Waals surface area contributed by atoms with Crippen molar-refractivity contribution in [2.24, 2.45) is 17.8 Å². The summed E-state index contributed by atoms with van der Waals surface area (Å²) in [6.45, 7) is 10.5. The molecule has 4 bridgehead atoms. The lowest BCUT2D eigenvalue weighted by Crippen LogP contribution is -2.40. The molecule has 0 aromatic heterocycles. The number of fused-ring (bicyclic) bond motifs is 4. The van der Waals surface area contributed by atoms with Gasteiger partial charge >= 0.3 is 11.9 Å². The van der Waals surface area contributed by atoms with E-state index in [2.05, 4.69) is 26.1 Å². The molecule has 0 aromatic carbocycles. The maximum absolute atomic E-state index is 13.6. The minimum atomic E-state index is -0.353. The van der Waals surface area contributed by atoms with Crippen molar-refractivity contribution < 1.29 is 33.3 Å². The van der Waals surface area contributed by atoms with E-state index in [0.717, 1.165) is 70.6 Å². The van der Waals surface area contributed by atoms with E-state index in [1.54, 1.807) is 0 Å². The summed E-state index contributed by atoms with van der Waals surface area (Å²) in [6.07, 6.45) is 11.8. The van der Waals surface area contributed by atoms with Gasteiger partial charge in [-0.25, -0.2) is 0 Å². The molecule has 0 unspecified atom stereocenters. The first-order chi connectivity index (χ1) is 20.3.